The number of rotatable bonds is 5. The van der Waals surface area contributed by atoms with E-state index in [1.165, 1.54) is 32.1 Å². The van der Waals surface area contributed by atoms with E-state index in [2.05, 4.69) is 0 Å². The summed E-state index contributed by atoms with van der Waals surface area (Å²) in [6.07, 6.45) is 8.26. The summed E-state index contributed by atoms with van der Waals surface area (Å²) in [5, 5.41) is 9.08. The summed E-state index contributed by atoms with van der Waals surface area (Å²) >= 11 is 0. The molecule has 3 nitrogen and oxygen atoms in total. The number of para-hydroxylation sites is 1. The van der Waals surface area contributed by atoms with Crippen LogP contribution in [0, 0.1) is 0 Å². The lowest BCUT2D eigenvalue weighted by Crippen LogP contribution is -2.27. The Labute approximate surface area is 120 Å². The fourth-order valence-corrected chi connectivity index (χ4v) is 3.55. The van der Waals surface area contributed by atoms with E-state index in [0.717, 1.165) is 17.7 Å². The molecule has 0 radical (unpaired) electrons. The molecule has 1 aliphatic carbocycles. The van der Waals surface area contributed by atoms with Gasteiger partial charge in [0.25, 0.3) is 0 Å². The van der Waals surface area contributed by atoms with Crippen LogP contribution in [0.1, 0.15) is 44.1 Å². The molecule has 1 saturated carbocycles. The summed E-state index contributed by atoms with van der Waals surface area (Å²) < 4.78 is 12.2. The predicted molar refractivity (Wildman–Crippen MR) is 78.0 cm³/mol. The zero-order chi connectivity index (χ0) is 13.8. The topological polar surface area (TPSA) is 38.7 Å². The molecule has 1 aliphatic heterocycles. The van der Waals surface area contributed by atoms with E-state index in [0.29, 0.717) is 13.0 Å². The molecule has 1 unspecified atom stereocenters. The molecule has 0 bridgehead atoms. The van der Waals surface area contributed by atoms with Crippen LogP contribution in [0.15, 0.2) is 24.3 Å². The van der Waals surface area contributed by atoms with Gasteiger partial charge in [0.1, 0.15) is 12.4 Å². The average molecular weight is 276 g/mol. The second-order valence-electron chi connectivity index (χ2n) is 6.06. The van der Waals surface area contributed by atoms with E-state index < -0.39 is 0 Å². The molecule has 1 heterocycles. The van der Waals surface area contributed by atoms with E-state index in [-0.39, 0.29) is 18.3 Å². The summed E-state index contributed by atoms with van der Waals surface area (Å²) in [5.74, 6) is 0.887. The Bertz CT molecular complexity index is 438. The lowest BCUT2D eigenvalue weighted by Gasteiger charge is -2.24. The zero-order valence-electron chi connectivity index (χ0n) is 12.0. The summed E-state index contributed by atoms with van der Waals surface area (Å²) in [7, 11) is 0. The van der Waals surface area contributed by atoms with E-state index in [1.54, 1.807) is 0 Å². The minimum absolute atomic E-state index is 0.156. The lowest BCUT2D eigenvalue weighted by molar-refractivity contribution is -0.0509. The van der Waals surface area contributed by atoms with Crippen molar-refractivity contribution in [2.45, 2.75) is 56.7 Å². The quantitative estimate of drug-likeness (QED) is 0.898. The van der Waals surface area contributed by atoms with Crippen LogP contribution >= 0.6 is 0 Å². The van der Waals surface area contributed by atoms with Crippen molar-refractivity contribution in [3.05, 3.63) is 29.8 Å². The highest BCUT2D eigenvalue weighted by Gasteiger charge is 2.42. The number of aliphatic hydroxyl groups excluding tert-OH is 1. The highest BCUT2D eigenvalue weighted by atomic mass is 16.6. The maximum Gasteiger partial charge on any atom is 0.122 e. The van der Waals surface area contributed by atoms with Gasteiger partial charge >= 0.3 is 0 Å². The number of aliphatic hydroxyl groups is 1. The molecule has 1 saturated heterocycles. The van der Waals surface area contributed by atoms with Gasteiger partial charge in [0.05, 0.1) is 11.7 Å². The van der Waals surface area contributed by atoms with Crippen LogP contribution in [0.3, 0.4) is 0 Å². The smallest absolute Gasteiger partial charge is 0.122 e. The van der Waals surface area contributed by atoms with Gasteiger partial charge in [-0.1, -0.05) is 31.0 Å². The fourth-order valence-electron chi connectivity index (χ4n) is 3.55. The van der Waals surface area contributed by atoms with Crippen LogP contribution in [0.4, 0.5) is 0 Å². The van der Waals surface area contributed by atoms with Gasteiger partial charge in [-0.15, -0.1) is 0 Å². The van der Waals surface area contributed by atoms with Gasteiger partial charge in [0.2, 0.25) is 0 Å². The van der Waals surface area contributed by atoms with E-state index in [9.17, 15) is 0 Å². The molecule has 1 aromatic rings. The first-order chi connectivity index (χ1) is 9.81. The molecule has 2 fully saturated rings. The first kappa shape index (κ1) is 13.9. The SMILES string of the molecule is OCCc1ccccc1OCC1CCC2(CCCC2)O1. The summed E-state index contributed by atoms with van der Waals surface area (Å²) in [6, 6.07) is 7.95. The van der Waals surface area contributed by atoms with Gasteiger partial charge in [-0.2, -0.15) is 0 Å². The fraction of sp³-hybridized carbons (Fsp3) is 0.647. The van der Waals surface area contributed by atoms with Crippen molar-refractivity contribution in [3.63, 3.8) is 0 Å². The van der Waals surface area contributed by atoms with Gasteiger partial charge in [-0.25, -0.2) is 0 Å². The molecule has 3 rings (SSSR count). The van der Waals surface area contributed by atoms with Crippen LogP contribution < -0.4 is 4.74 Å². The Balaban J connectivity index is 1.55. The second-order valence-corrected chi connectivity index (χ2v) is 6.06. The van der Waals surface area contributed by atoms with Crippen LogP contribution in [0.25, 0.3) is 0 Å². The third kappa shape index (κ3) is 2.99. The zero-order valence-corrected chi connectivity index (χ0v) is 12.0. The number of benzene rings is 1. The molecule has 1 N–H and O–H groups in total. The minimum Gasteiger partial charge on any atom is -0.491 e. The molecule has 1 spiro atoms. The van der Waals surface area contributed by atoms with Crippen LogP contribution in [-0.2, 0) is 11.2 Å². The number of hydrogen-bond acceptors (Lipinski definition) is 3. The summed E-state index contributed by atoms with van der Waals surface area (Å²) in [4.78, 5) is 0. The van der Waals surface area contributed by atoms with Crippen molar-refractivity contribution >= 4 is 0 Å². The Hall–Kier alpha value is -1.06. The normalized spacial score (nSPS) is 24.4. The van der Waals surface area contributed by atoms with Crippen molar-refractivity contribution in [1.29, 1.82) is 0 Å². The van der Waals surface area contributed by atoms with Gasteiger partial charge in [0.15, 0.2) is 0 Å². The lowest BCUT2D eigenvalue weighted by atomic mass is 9.98. The van der Waals surface area contributed by atoms with Gasteiger partial charge in [0, 0.05) is 6.61 Å². The molecule has 1 atom stereocenters. The van der Waals surface area contributed by atoms with Crippen molar-refractivity contribution in [2.24, 2.45) is 0 Å². The van der Waals surface area contributed by atoms with Gasteiger partial charge in [-0.05, 0) is 43.7 Å². The molecule has 0 aromatic heterocycles. The Morgan fingerprint density at radius 3 is 2.80 bits per heavy atom. The highest BCUT2D eigenvalue weighted by Crippen LogP contribution is 2.43. The van der Waals surface area contributed by atoms with Crippen molar-refractivity contribution in [2.75, 3.05) is 13.2 Å². The first-order valence-electron chi connectivity index (χ1n) is 7.81. The van der Waals surface area contributed by atoms with E-state index >= 15 is 0 Å². The van der Waals surface area contributed by atoms with Crippen LogP contribution in [0.5, 0.6) is 5.75 Å². The molecule has 20 heavy (non-hydrogen) atoms. The van der Waals surface area contributed by atoms with Gasteiger partial charge < -0.3 is 14.6 Å². The monoisotopic (exact) mass is 276 g/mol. The molecular formula is C17H24O3. The molecule has 110 valence electrons. The minimum atomic E-state index is 0.156. The third-order valence-corrected chi connectivity index (χ3v) is 4.63. The maximum atomic E-state index is 9.08. The molecule has 1 aromatic carbocycles. The number of ether oxygens (including phenoxy) is 2. The van der Waals surface area contributed by atoms with Crippen molar-refractivity contribution in [1.82, 2.24) is 0 Å². The molecular weight excluding hydrogens is 252 g/mol. The predicted octanol–water partition coefficient (Wildman–Crippen LogP) is 3.09. The van der Waals surface area contributed by atoms with E-state index in [4.69, 9.17) is 14.6 Å². The summed E-state index contributed by atoms with van der Waals surface area (Å²) in [6.45, 7) is 0.785. The molecule has 3 heteroatoms. The second kappa shape index (κ2) is 6.15. The van der Waals surface area contributed by atoms with Crippen molar-refractivity contribution < 1.29 is 14.6 Å². The average Bonchev–Trinajstić information content (AvgIpc) is 3.09. The first-order valence-corrected chi connectivity index (χ1v) is 7.81. The largest absolute Gasteiger partial charge is 0.491 e. The molecule has 2 aliphatic rings. The summed E-state index contributed by atoms with van der Waals surface area (Å²) in [5.41, 5.74) is 1.25. The highest BCUT2D eigenvalue weighted by molar-refractivity contribution is 5.33. The maximum absolute atomic E-state index is 9.08. The molecule has 0 amide bonds. The van der Waals surface area contributed by atoms with Crippen molar-refractivity contribution in [3.8, 4) is 5.75 Å². The Morgan fingerprint density at radius 2 is 2.00 bits per heavy atom. The Kier molecular flexibility index (Phi) is 4.27. The van der Waals surface area contributed by atoms with Gasteiger partial charge in [-0.3, -0.25) is 0 Å². The van der Waals surface area contributed by atoms with E-state index in [1.807, 2.05) is 24.3 Å². The number of hydrogen-bond donors (Lipinski definition) is 1. The third-order valence-electron chi connectivity index (χ3n) is 4.63. The standard InChI is InChI=1S/C17H24O3/c18-12-8-14-5-1-2-6-16(14)19-13-15-7-11-17(20-15)9-3-4-10-17/h1-2,5-6,15,18H,3-4,7-13H2. The Morgan fingerprint density at radius 1 is 1.20 bits per heavy atom. The van der Waals surface area contributed by atoms with Crippen LogP contribution in [0.2, 0.25) is 0 Å². The van der Waals surface area contributed by atoms with Crippen LogP contribution in [-0.4, -0.2) is 30.0 Å².